The summed E-state index contributed by atoms with van der Waals surface area (Å²) in [7, 11) is 0. The standard InChI is InChI=1S/C11H16O2/c1-3-5-10(8-12)7-11(9-13)6-4-2/h5-6,8-9H,3-4,7H2,1-2H3/b10-5-,11-6-. The second-order valence-corrected chi connectivity index (χ2v) is 2.79. The van der Waals surface area contributed by atoms with Crippen molar-refractivity contribution in [2.75, 3.05) is 0 Å². The minimum absolute atomic E-state index is 0.467. The maximum absolute atomic E-state index is 10.5. The second kappa shape index (κ2) is 7.47. The van der Waals surface area contributed by atoms with Crippen molar-refractivity contribution in [2.24, 2.45) is 0 Å². The van der Waals surface area contributed by atoms with Crippen LogP contribution in [0.25, 0.3) is 0 Å². The van der Waals surface area contributed by atoms with Gasteiger partial charge in [-0.25, -0.2) is 0 Å². The van der Waals surface area contributed by atoms with Crippen LogP contribution in [-0.4, -0.2) is 12.6 Å². The first-order chi connectivity index (χ1) is 6.28. The van der Waals surface area contributed by atoms with Crippen molar-refractivity contribution in [3.8, 4) is 0 Å². The van der Waals surface area contributed by atoms with E-state index in [1.54, 1.807) is 0 Å². The predicted molar refractivity (Wildman–Crippen MR) is 53.5 cm³/mol. The molecule has 0 spiro atoms. The summed E-state index contributed by atoms with van der Waals surface area (Å²) in [5.41, 5.74) is 1.38. The van der Waals surface area contributed by atoms with Gasteiger partial charge in [-0.1, -0.05) is 26.0 Å². The summed E-state index contributed by atoms with van der Waals surface area (Å²) in [6.45, 7) is 3.93. The van der Waals surface area contributed by atoms with E-state index >= 15 is 0 Å². The third-order valence-corrected chi connectivity index (χ3v) is 1.64. The van der Waals surface area contributed by atoms with E-state index in [-0.39, 0.29) is 0 Å². The number of carbonyl (C=O) groups excluding carboxylic acids is 2. The smallest absolute Gasteiger partial charge is 0.146 e. The molecule has 0 rings (SSSR count). The van der Waals surface area contributed by atoms with E-state index in [9.17, 15) is 9.59 Å². The molecule has 13 heavy (non-hydrogen) atoms. The molecule has 0 N–H and O–H groups in total. The Bertz CT molecular complexity index is 200. The Labute approximate surface area is 79.3 Å². The first-order valence-corrected chi connectivity index (χ1v) is 4.56. The molecule has 0 aromatic heterocycles. The number of carbonyl (C=O) groups is 2. The molecule has 72 valence electrons. The van der Waals surface area contributed by atoms with E-state index in [2.05, 4.69) is 0 Å². The molecule has 0 heterocycles. The third kappa shape index (κ3) is 5.12. The van der Waals surface area contributed by atoms with Crippen molar-refractivity contribution < 1.29 is 9.59 Å². The SMILES string of the molecule is CC/C=C(\C=O)C/C(C=O)=C/CC. The Morgan fingerprint density at radius 2 is 1.31 bits per heavy atom. The van der Waals surface area contributed by atoms with Gasteiger partial charge in [0.1, 0.15) is 12.6 Å². The van der Waals surface area contributed by atoms with Crippen LogP contribution >= 0.6 is 0 Å². The van der Waals surface area contributed by atoms with Crippen LogP contribution in [0, 0.1) is 0 Å². The Morgan fingerprint density at radius 3 is 1.54 bits per heavy atom. The molecule has 2 heteroatoms. The molecule has 0 fully saturated rings. The van der Waals surface area contributed by atoms with E-state index < -0.39 is 0 Å². The van der Waals surface area contributed by atoms with Gasteiger partial charge >= 0.3 is 0 Å². The fourth-order valence-corrected chi connectivity index (χ4v) is 1.08. The van der Waals surface area contributed by atoms with Crippen LogP contribution in [-0.2, 0) is 9.59 Å². The lowest BCUT2D eigenvalue weighted by Gasteiger charge is -1.98. The van der Waals surface area contributed by atoms with Crippen LogP contribution in [0.15, 0.2) is 23.3 Å². The zero-order valence-electron chi connectivity index (χ0n) is 8.25. The lowest BCUT2D eigenvalue weighted by atomic mass is 10.1. The number of aldehydes is 2. The van der Waals surface area contributed by atoms with Crippen molar-refractivity contribution in [3.05, 3.63) is 23.3 Å². The second-order valence-electron chi connectivity index (χ2n) is 2.79. The highest BCUT2D eigenvalue weighted by Gasteiger charge is 1.99. The molecule has 0 aromatic carbocycles. The van der Waals surface area contributed by atoms with Crippen molar-refractivity contribution in [1.29, 1.82) is 0 Å². The van der Waals surface area contributed by atoms with Gasteiger partial charge in [-0.3, -0.25) is 9.59 Å². The normalized spacial score (nSPS) is 12.8. The van der Waals surface area contributed by atoms with E-state index in [1.165, 1.54) is 0 Å². The summed E-state index contributed by atoms with van der Waals surface area (Å²) in [5.74, 6) is 0. The minimum Gasteiger partial charge on any atom is -0.298 e. The summed E-state index contributed by atoms with van der Waals surface area (Å²) in [6, 6.07) is 0. The lowest BCUT2D eigenvalue weighted by molar-refractivity contribution is -0.105. The van der Waals surface area contributed by atoms with Gasteiger partial charge < -0.3 is 0 Å². The van der Waals surface area contributed by atoms with Gasteiger partial charge in [0.05, 0.1) is 0 Å². The zero-order chi connectivity index (χ0) is 10.1. The first kappa shape index (κ1) is 11.8. The molecule has 2 nitrogen and oxygen atoms in total. The highest BCUT2D eigenvalue weighted by Crippen LogP contribution is 2.08. The first-order valence-electron chi connectivity index (χ1n) is 4.56. The zero-order valence-corrected chi connectivity index (χ0v) is 8.25. The van der Waals surface area contributed by atoms with Gasteiger partial charge in [0.2, 0.25) is 0 Å². The largest absolute Gasteiger partial charge is 0.298 e. The number of hydrogen-bond acceptors (Lipinski definition) is 2. The molecule has 0 aliphatic carbocycles. The molecule has 0 saturated heterocycles. The Hall–Kier alpha value is -1.18. The molecule has 0 aromatic rings. The summed E-state index contributed by atoms with van der Waals surface area (Å²) in [6.07, 6.45) is 7.44. The average molecular weight is 180 g/mol. The molecular weight excluding hydrogens is 164 g/mol. The molecule has 0 saturated carbocycles. The highest BCUT2D eigenvalue weighted by atomic mass is 16.1. The molecule has 0 aliphatic heterocycles. The minimum atomic E-state index is 0.467. The van der Waals surface area contributed by atoms with E-state index in [0.29, 0.717) is 17.6 Å². The number of rotatable bonds is 6. The van der Waals surface area contributed by atoms with Crippen LogP contribution in [0.4, 0.5) is 0 Å². The predicted octanol–water partition coefficient (Wildman–Crippen LogP) is 2.45. The summed E-state index contributed by atoms with van der Waals surface area (Å²) in [4.78, 5) is 21.1. The van der Waals surface area contributed by atoms with Crippen molar-refractivity contribution in [1.82, 2.24) is 0 Å². The molecule has 0 amide bonds. The Kier molecular flexibility index (Phi) is 6.79. The van der Waals surface area contributed by atoms with Crippen molar-refractivity contribution >= 4 is 12.6 Å². The molecule has 0 radical (unpaired) electrons. The Balaban J connectivity index is 4.36. The summed E-state index contributed by atoms with van der Waals surface area (Å²) in [5, 5.41) is 0. The molecular formula is C11H16O2. The summed E-state index contributed by atoms with van der Waals surface area (Å²) >= 11 is 0. The van der Waals surface area contributed by atoms with Gasteiger partial charge in [-0.15, -0.1) is 0 Å². The molecule has 0 aliphatic rings. The highest BCUT2D eigenvalue weighted by molar-refractivity contribution is 5.80. The van der Waals surface area contributed by atoms with Gasteiger partial charge in [0, 0.05) is 6.42 Å². The van der Waals surface area contributed by atoms with E-state index in [0.717, 1.165) is 25.4 Å². The van der Waals surface area contributed by atoms with E-state index in [1.807, 2.05) is 26.0 Å². The maximum atomic E-state index is 10.5. The molecule has 0 atom stereocenters. The van der Waals surface area contributed by atoms with Crippen LogP contribution < -0.4 is 0 Å². The van der Waals surface area contributed by atoms with Crippen LogP contribution in [0.1, 0.15) is 33.1 Å². The quantitative estimate of drug-likeness (QED) is 0.464. The maximum Gasteiger partial charge on any atom is 0.146 e. The molecule has 0 bridgehead atoms. The number of hydrogen-bond donors (Lipinski definition) is 0. The monoisotopic (exact) mass is 180 g/mol. The average Bonchev–Trinajstić information content (AvgIpc) is 2.16. The van der Waals surface area contributed by atoms with E-state index in [4.69, 9.17) is 0 Å². The molecule has 0 unspecified atom stereocenters. The lowest BCUT2D eigenvalue weighted by Crippen LogP contribution is -1.91. The summed E-state index contributed by atoms with van der Waals surface area (Å²) < 4.78 is 0. The van der Waals surface area contributed by atoms with Crippen molar-refractivity contribution in [3.63, 3.8) is 0 Å². The number of allylic oxidation sites excluding steroid dienone is 4. The van der Waals surface area contributed by atoms with Gasteiger partial charge in [-0.05, 0) is 24.0 Å². The van der Waals surface area contributed by atoms with Crippen molar-refractivity contribution in [2.45, 2.75) is 33.1 Å². The van der Waals surface area contributed by atoms with Gasteiger partial charge in [-0.2, -0.15) is 0 Å². The Morgan fingerprint density at radius 1 is 0.923 bits per heavy atom. The fraction of sp³-hybridized carbons (Fsp3) is 0.455. The topological polar surface area (TPSA) is 34.1 Å². The van der Waals surface area contributed by atoms with Crippen LogP contribution in [0.2, 0.25) is 0 Å². The third-order valence-electron chi connectivity index (χ3n) is 1.64. The van der Waals surface area contributed by atoms with Gasteiger partial charge in [0.25, 0.3) is 0 Å². The van der Waals surface area contributed by atoms with Gasteiger partial charge in [0.15, 0.2) is 0 Å². The fourth-order valence-electron chi connectivity index (χ4n) is 1.08. The van der Waals surface area contributed by atoms with Crippen LogP contribution in [0.3, 0.4) is 0 Å². The van der Waals surface area contributed by atoms with Crippen LogP contribution in [0.5, 0.6) is 0 Å².